The smallest absolute Gasteiger partial charge is 0.233 e. The third kappa shape index (κ3) is 4.15. The fourth-order valence-electron chi connectivity index (χ4n) is 1.89. The molecule has 0 fully saturated rings. The molecule has 0 unspecified atom stereocenters. The predicted molar refractivity (Wildman–Crippen MR) is 67.1 cm³/mol. The van der Waals surface area contributed by atoms with Gasteiger partial charge in [0.1, 0.15) is 0 Å². The van der Waals surface area contributed by atoms with Crippen LogP contribution in [0.25, 0.3) is 0 Å². The number of hydrogen-bond acceptors (Lipinski definition) is 2. The van der Waals surface area contributed by atoms with E-state index in [-0.39, 0.29) is 0 Å². The van der Waals surface area contributed by atoms with Crippen molar-refractivity contribution in [2.75, 3.05) is 13.1 Å². The number of rotatable bonds is 7. The van der Waals surface area contributed by atoms with E-state index in [2.05, 4.69) is 24.8 Å². The Hall–Kier alpha value is -1.15. The lowest BCUT2D eigenvalue weighted by molar-refractivity contribution is 0.266. The fourth-order valence-corrected chi connectivity index (χ4v) is 1.89. The molecule has 1 aromatic carbocycles. The van der Waals surface area contributed by atoms with E-state index >= 15 is 0 Å². The first-order valence-electron chi connectivity index (χ1n) is 5.99. The van der Waals surface area contributed by atoms with Gasteiger partial charge < -0.3 is 0 Å². The van der Waals surface area contributed by atoms with E-state index in [1.165, 1.54) is 18.4 Å². The van der Waals surface area contributed by atoms with Crippen molar-refractivity contribution in [3.8, 4) is 0 Å². The molecular weight excluding hydrogens is 198 g/mol. The van der Waals surface area contributed by atoms with Crippen LogP contribution in [0, 0.1) is 0 Å². The van der Waals surface area contributed by atoms with E-state index in [1.54, 1.807) is 6.07 Å². The minimum Gasteiger partial charge on any atom is -0.299 e. The van der Waals surface area contributed by atoms with Gasteiger partial charge in [-0.05, 0) is 37.6 Å². The first kappa shape index (κ1) is 12.9. The Morgan fingerprint density at radius 2 is 1.88 bits per heavy atom. The molecule has 0 aromatic heterocycles. The zero-order chi connectivity index (χ0) is 11.8. The third-order valence-corrected chi connectivity index (χ3v) is 2.53. The summed E-state index contributed by atoms with van der Waals surface area (Å²) in [7, 11) is 0. The number of carbonyl (C=O) groups excluding carboxylic acids is 1. The molecule has 0 amide bonds. The summed E-state index contributed by atoms with van der Waals surface area (Å²) in [6.45, 7) is 7.54. The highest BCUT2D eigenvalue weighted by molar-refractivity contribution is 5.75. The molecule has 0 aliphatic rings. The highest BCUT2D eigenvalue weighted by Crippen LogP contribution is 2.08. The van der Waals surface area contributed by atoms with Crippen LogP contribution < -0.4 is 0 Å². The summed E-state index contributed by atoms with van der Waals surface area (Å²) in [5.41, 5.74) is 1.84. The summed E-state index contributed by atoms with van der Waals surface area (Å²) in [5, 5.41) is 0. The van der Waals surface area contributed by atoms with E-state index < -0.39 is 0 Å². The van der Waals surface area contributed by atoms with Crippen LogP contribution in [0.4, 0.5) is 0 Å². The standard InChI is InChI=1S/C14H20NO/c1-3-8-15(9-4-2)11-13-6-5-7-14(10-13)12-16/h5-7,10H,3-4,8-9,11H2,1-2H3. The first-order valence-corrected chi connectivity index (χ1v) is 5.99. The van der Waals surface area contributed by atoms with Gasteiger partial charge in [0.05, 0.1) is 0 Å². The van der Waals surface area contributed by atoms with Gasteiger partial charge in [-0.15, -0.1) is 0 Å². The Kier molecular flexibility index (Phi) is 5.79. The predicted octanol–water partition coefficient (Wildman–Crippen LogP) is 2.77. The zero-order valence-corrected chi connectivity index (χ0v) is 10.2. The van der Waals surface area contributed by atoms with Crippen LogP contribution in [0.3, 0.4) is 0 Å². The Morgan fingerprint density at radius 1 is 1.19 bits per heavy atom. The van der Waals surface area contributed by atoms with Gasteiger partial charge in [-0.1, -0.05) is 32.0 Å². The van der Waals surface area contributed by atoms with Gasteiger partial charge in [-0.25, -0.2) is 0 Å². The first-order chi connectivity index (χ1) is 7.80. The van der Waals surface area contributed by atoms with Crippen LogP contribution in [0.15, 0.2) is 24.3 Å². The summed E-state index contributed by atoms with van der Waals surface area (Å²) in [5.74, 6) is 0. The van der Waals surface area contributed by atoms with Crippen molar-refractivity contribution in [1.82, 2.24) is 4.90 Å². The van der Waals surface area contributed by atoms with E-state index in [9.17, 15) is 4.79 Å². The van der Waals surface area contributed by atoms with Crippen molar-refractivity contribution in [2.24, 2.45) is 0 Å². The van der Waals surface area contributed by atoms with E-state index in [4.69, 9.17) is 0 Å². The maximum atomic E-state index is 10.6. The molecule has 0 aliphatic carbocycles. The molecule has 1 aromatic rings. The molecule has 0 saturated carbocycles. The van der Waals surface area contributed by atoms with Crippen molar-refractivity contribution in [3.05, 3.63) is 35.4 Å². The highest BCUT2D eigenvalue weighted by Gasteiger charge is 2.04. The van der Waals surface area contributed by atoms with E-state index in [1.807, 2.05) is 18.4 Å². The Balaban J connectivity index is 2.64. The molecule has 87 valence electrons. The number of hydrogen-bond donors (Lipinski definition) is 0. The van der Waals surface area contributed by atoms with Gasteiger partial charge in [-0.3, -0.25) is 9.69 Å². The van der Waals surface area contributed by atoms with Crippen LogP contribution in [0.1, 0.15) is 37.8 Å². The van der Waals surface area contributed by atoms with E-state index in [0.717, 1.165) is 19.6 Å². The molecule has 2 nitrogen and oxygen atoms in total. The normalized spacial score (nSPS) is 10.7. The minimum absolute atomic E-state index is 0.644. The Labute approximate surface area is 98.3 Å². The van der Waals surface area contributed by atoms with Crippen LogP contribution in [0.2, 0.25) is 0 Å². The van der Waals surface area contributed by atoms with Gasteiger partial charge in [0.15, 0.2) is 0 Å². The second-order valence-electron chi connectivity index (χ2n) is 4.08. The van der Waals surface area contributed by atoms with Crippen LogP contribution in [-0.4, -0.2) is 24.3 Å². The molecule has 0 saturated heterocycles. The van der Waals surface area contributed by atoms with Crippen molar-refractivity contribution in [1.29, 1.82) is 0 Å². The van der Waals surface area contributed by atoms with E-state index in [0.29, 0.717) is 5.56 Å². The molecule has 16 heavy (non-hydrogen) atoms. The Bertz CT molecular complexity index is 316. The molecule has 0 bridgehead atoms. The maximum absolute atomic E-state index is 10.6. The molecule has 0 N–H and O–H groups in total. The van der Waals surface area contributed by atoms with Gasteiger partial charge >= 0.3 is 0 Å². The van der Waals surface area contributed by atoms with Gasteiger partial charge in [0.2, 0.25) is 6.29 Å². The van der Waals surface area contributed by atoms with Crippen molar-refractivity contribution in [3.63, 3.8) is 0 Å². The second-order valence-corrected chi connectivity index (χ2v) is 4.08. The second kappa shape index (κ2) is 7.18. The van der Waals surface area contributed by atoms with Crippen LogP contribution >= 0.6 is 0 Å². The zero-order valence-electron chi connectivity index (χ0n) is 10.2. The summed E-state index contributed by atoms with van der Waals surface area (Å²) in [4.78, 5) is 13.0. The highest BCUT2D eigenvalue weighted by atomic mass is 16.1. The molecule has 1 rings (SSSR count). The quantitative estimate of drug-likeness (QED) is 0.701. The van der Waals surface area contributed by atoms with Crippen molar-refractivity contribution < 1.29 is 4.79 Å². The summed E-state index contributed by atoms with van der Waals surface area (Å²) >= 11 is 0. The molecule has 1 radical (unpaired) electrons. The average molecular weight is 218 g/mol. The summed E-state index contributed by atoms with van der Waals surface area (Å²) < 4.78 is 0. The molecule has 2 heteroatoms. The number of benzene rings is 1. The summed E-state index contributed by atoms with van der Waals surface area (Å²) in [6.07, 6.45) is 4.27. The molecule has 0 spiro atoms. The lowest BCUT2D eigenvalue weighted by atomic mass is 10.1. The SMILES string of the molecule is CCCN(CCC)Cc1cccc([C]=O)c1. The lowest BCUT2D eigenvalue weighted by Crippen LogP contribution is -2.24. The number of nitrogens with zero attached hydrogens (tertiary/aromatic N) is 1. The van der Waals surface area contributed by atoms with Gasteiger partial charge in [-0.2, -0.15) is 0 Å². The third-order valence-electron chi connectivity index (χ3n) is 2.53. The van der Waals surface area contributed by atoms with Gasteiger partial charge in [0, 0.05) is 12.1 Å². The molecular formula is C14H20NO. The summed E-state index contributed by atoms with van der Waals surface area (Å²) in [6, 6.07) is 7.70. The largest absolute Gasteiger partial charge is 0.299 e. The van der Waals surface area contributed by atoms with Gasteiger partial charge in [0.25, 0.3) is 0 Å². The topological polar surface area (TPSA) is 20.3 Å². The minimum atomic E-state index is 0.644. The molecule has 0 aliphatic heterocycles. The molecule has 0 atom stereocenters. The fraction of sp³-hybridized carbons (Fsp3) is 0.500. The van der Waals surface area contributed by atoms with Crippen LogP contribution in [-0.2, 0) is 11.3 Å². The van der Waals surface area contributed by atoms with Crippen molar-refractivity contribution in [2.45, 2.75) is 33.2 Å². The molecule has 0 heterocycles. The monoisotopic (exact) mass is 218 g/mol. The van der Waals surface area contributed by atoms with Crippen LogP contribution in [0.5, 0.6) is 0 Å². The van der Waals surface area contributed by atoms with Crippen molar-refractivity contribution >= 4 is 6.29 Å². The Morgan fingerprint density at radius 3 is 2.44 bits per heavy atom. The maximum Gasteiger partial charge on any atom is 0.233 e. The average Bonchev–Trinajstić information content (AvgIpc) is 2.30. The lowest BCUT2D eigenvalue weighted by Gasteiger charge is -2.20.